The molecule has 0 fully saturated rings. The van der Waals surface area contributed by atoms with E-state index in [2.05, 4.69) is 5.32 Å². The summed E-state index contributed by atoms with van der Waals surface area (Å²) in [5.41, 5.74) is 0.999. The summed E-state index contributed by atoms with van der Waals surface area (Å²) < 4.78 is 15.3. The molecular formula is C19H21NO5S. The number of ether oxygens (including phenoxy) is 3. The Labute approximate surface area is 156 Å². The normalized spacial score (nSPS) is 10.5. The summed E-state index contributed by atoms with van der Waals surface area (Å²) in [6, 6.07) is 9.36. The number of methoxy groups -OCH3 is 2. The first-order valence-electron chi connectivity index (χ1n) is 7.98. The number of amides is 1. The first kappa shape index (κ1) is 19.5. The van der Waals surface area contributed by atoms with Crippen LogP contribution in [0.15, 0.2) is 41.8 Å². The Morgan fingerprint density at radius 2 is 1.96 bits per heavy atom. The summed E-state index contributed by atoms with van der Waals surface area (Å²) in [6.07, 6.45) is 3.59. The van der Waals surface area contributed by atoms with Crippen LogP contribution >= 0.6 is 11.3 Å². The van der Waals surface area contributed by atoms with E-state index in [-0.39, 0.29) is 12.5 Å². The van der Waals surface area contributed by atoms with Crippen LogP contribution < -0.4 is 14.8 Å². The van der Waals surface area contributed by atoms with Gasteiger partial charge in [-0.25, -0.2) is 4.79 Å². The lowest BCUT2D eigenvalue weighted by Gasteiger charge is -2.10. The molecule has 138 valence electrons. The Morgan fingerprint density at radius 1 is 1.15 bits per heavy atom. The van der Waals surface area contributed by atoms with Gasteiger partial charge >= 0.3 is 5.97 Å². The van der Waals surface area contributed by atoms with E-state index >= 15 is 0 Å². The maximum absolute atomic E-state index is 11.7. The van der Waals surface area contributed by atoms with Crippen molar-refractivity contribution >= 4 is 29.3 Å². The zero-order valence-corrected chi connectivity index (χ0v) is 15.5. The van der Waals surface area contributed by atoms with Gasteiger partial charge in [-0.2, -0.15) is 0 Å². The Balaban J connectivity index is 1.69. The Kier molecular flexibility index (Phi) is 7.70. The number of hydrogen-bond acceptors (Lipinski definition) is 6. The number of esters is 1. The van der Waals surface area contributed by atoms with Gasteiger partial charge in [0.1, 0.15) is 0 Å². The molecule has 1 aromatic carbocycles. The van der Waals surface area contributed by atoms with Crippen molar-refractivity contribution < 1.29 is 23.8 Å². The number of benzene rings is 1. The summed E-state index contributed by atoms with van der Waals surface area (Å²) in [7, 11) is 3.15. The monoisotopic (exact) mass is 375 g/mol. The van der Waals surface area contributed by atoms with Crippen LogP contribution in [-0.2, 0) is 20.7 Å². The SMILES string of the molecule is COc1ccc(CCNC(=O)COC(=O)/C=C/c2cccs2)cc1OC. The highest BCUT2D eigenvalue weighted by molar-refractivity contribution is 7.10. The quantitative estimate of drug-likeness (QED) is 0.539. The lowest BCUT2D eigenvalue weighted by atomic mass is 10.1. The number of rotatable bonds is 9. The number of thiophene rings is 1. The summed E-state index contributed by atoms with van der Waals surface area (Å²) in [5.74, 6) is 0.405. The molecule has 0 saturated heterocycles. The average molecular weight is 375 g/mol. The zero-order valence-electron chi connectivity index (χ0n) is 14.7. The Bertz CT molecular complexity index is 755. The van der Waals surface area contributed by atoms with Crippen molar-refractivity contribution in [1.29, 1.82) is 0 Å². The molecule has 0 unspecified atom stereocenters. The zero-order chi connectivity index (χ0) is 18.8. The minimum Gasteiger partial charge on any atom is -0.493 e. The van der Waals surface area contributed by atoms with E-state index in [9.17, 15) is 9.59 Å². The summed E-state index contributed by atoms with van der Waals surface area (Å²) in [5, 5.41) is 4.63. The van der Waals surface area contributed by atoms with Crippen LogP contribution in [0.1, 0.15) is 10.4 Å². The molecule has 6 nitrogen and oxygen atoms in total. The maximum atomic E-state index is 11.7. The summed E-state index contributed by atoms with van der Waals surface area (Å²) >= 11 is 1.51. The molecule has 26 heavy (non-hydrogen) atoms. The molecule has 0 atom stereocenters. The third-order valence-electron chi connectivity index (χ3n) is 3.46. The van der Waals surface area contributed by atoms with Crippen LogP contribution in [0.4, 0.5) is 0 Å². The standard InChI is InChI=1S/C19H21NO5S/c1-23-16-7-5-14(12-17(16)24-2)9-10-20-18(21)13-25-19(22)8-6-15-4-3-11-26-15/h3-8,11-12H,9-10,13H2,1-2H3,(H,20,21)/b8-6+. The van der Waals surface area contributed by atoms with E-state index in [0.29, 0.717) is 24.5 Å². The average Bonchev–Trinajstić information content (AvgIpc) is 3.18. The van der Waals surface area contributed by atoms with Gasteiger partial charge in [-0.15, -0.1) is 11.3 Å². The Hall–Kier alpha value is -2.80. The molecule has 0 saturated carbocycles. The number of hydrogen-bond donors (Lipinski definition) is 1. The molecule has 1 amide bonds. The third kappa shape index (κ3) is 6.25. The second-order valence-electron chi connectivity index (χ2n) is 5.25. The topological polar surface area (TPSA) is 73.9 Å². The van der Waals surface area contributed by atoms with Crippen LogP contribution in [-0.4, -0.2) is 39.2 Å². The second-order valence-corrected chi connectivity index (χ2v) is 6.23. The van der Waals surface area contributed by atoms with E-state index in [4.69, 9.17) is 14.2 Å². The minimum absolute atomic E-state index is 0.306. The fraction of sp³-hybridized carbons (Fsp3) is 0.263. The van der Waals surface area contributed by atoms with Crippen LogP contribution in [0.25, 0.3) is 6.08 Å². The highest BCUT2D eigenvalue weighted by Crippen LogP contribution is 2.27. The van der Waals surface area contributed by atoms with Crippen LogP contribution in [0.5, 0.6) is 11.5 Å². The molecule has 0 spiro atoms. The lowest BCUT2D eigenvalue weighted by molar-refractivity contribution is -0.143. The summed E-state index contributed by atoms with van der Waals surface area (Å²) in [6.45, 7) is 0.121. The molecule has 0 aliphatic heterocycles. The number of carbonyl (C=O) groups is 2. The smallest absolute Gasteiger partial charge is 0.331 e. The van der Waals surface area contributed by atoms with Crippen molar-refractivity contribution in [1.82, 2.24) is 5.32 Å². The van der Waals surface area contributed by atoms with Gasteiger partial charge in [0.05, 0.1) is 14.2 Å². The second kappa shape index (κ2) is 10.2. The van der Waals surface area contributed by atoms with Gasteiger partial charge in [0.25, 0.3) is 5.91 Å². The van der Waals surface area contributed by atoms with Gasteiger partial charge < -0.3 is 19.5 Å². The first-order valence-corrected chi connectivity index (χ1v) is 8.86. The first-order chi connectivity index (χ1) is 12.6. The van der Waals surface area contributed by atoms with Crippen molar-refractivity contribution in [2.75, 3.05) is 27.4 Å². The molecule has 1 heterocycles. The molecule has 2 rings (SSSR count). The van der Waals surface area contributed by atoms with Gasteiger partial charge in [-0.3, -0.25) is 4.79 Å². The van der Waals surface area contributed by atoms with Crippen LogP contribution in [0.3, 0.4) is 0 Å². The van der Waals surface area contributed by atoms with Gasteiger partial charge in [0.15, 0.2) is 18.1 Å². The van der Waals surface area contributed by atoms with E-state index in [0.717, 1.165) is 10.4 Å². The van der Waals surface area contributed by atoms with Crippen molar-refractivity contribution in [3.63, 3.8) is 0 Å². The highest BCUT2D eigenvalue weighted by atomic mass is 32.1. The molecule has 7 heteroatoms. The van der Waals surface area contributed by atoms with Crippen LogP contribution in [0.2, 0.25) is 0 Å². The Morgan fingerprint density at radius 3 is 2.65 bits per heavy atom. The fourth-order valence-corrected chi connectivity index (χ4v) is 2.77. The van der Waals surface area contributed by atoms with Crippen molar-refractivity contribution in [2.45, 2.75) is 6.42 Å². The van der Waals surface area contributed by atoms with Crippen molar-refractivity contribution in [3.8, 4) is 11.5 Å². The van der Waals surface area contributed by atoms with Gasteiger partial charge in [-0.1, -0.05) is 12.1 Å². The molecule has 1 aromatic heterocycles. The largest absolute Gasteiger partial charge is 0.493 e. The van der Waals surface area contributed by atoms with Crippen molar-refractivity contribution in [2.24, 2.45) is 0 Å². The van der Waals surface area contributed by atoms with E-state index in [1.807, 2.05) is 35.7 Å². The number of nitrogens with one attached hydrogen (secondary N) is 1. The van der Waals surface area contributed by atoms with Crippen molar-refractivity contribution in [3.05, 3.63) is 52.2 Å². The predicted molar refractivity (Wildman–Crippen MR) is 101 cm³/mol. The maximum Gasteiger partial charge on any atom is 0.331 e. The molecule has 0 radical (unpaired) electrons. The third-order valence-corrected chi connectivity index (χ3v) is 4.29. The minimum atomic E-state index is -0.548. The summed E-state index contributed by atoms with van der Waals surface area (Å²) in [4.78, 5) is 24.2. The fourth-order valence-electron chi connectivity index (χ4n) is 2.15. The van der Waals surface area contributed by atoms with E-state index in [1.54, 1.807) is 20.3 Å². The van der Waals surface area contributed by atoms with E-state index < -0.39 is 5.97 Å². The predicted octanol–water partition coefficient (Wildman–Crippen LogP) is 2.68. The molecule has 2 aromatic rings. The molecule has 0 bridgehead atoms. The number of carbonyl (C=O) groups excluding carboxylic acids is 2. The molecule has 1 N–H and O–H groups in total. The van der Waals surface area contributed by atoms with Gasteiger partial charge in [0, 0.05) is 17.5 Å². The molecule has 0 aliphatic carbocycles. The lowest BCUT2D eigenvalue weighted by Crippen LogP contribution is -2.30. The van der Waals surface area contributed by atoms with Gasteiger partial charge in [-0.05, 0) is 41.6 Å². The van der Waals surface area contributed by atoms with Gasteiger partial charge in [0.2, 0.25) is 0 Å². The van der Waals surface area contributed by atoms with Crippen LogP contribution in [0, 0.1) is 0 Å². The molecular weight excluding hydrogens is 354 g/mol. The van der Waals surface area contributed by atoms with E-state index in [1.165, 1.54) is 17.4 Å². The molecule has 0 aliphatic rings. The highest BCUT2D eigenvalue weighted by Gasteiger charge is 2.07.